The Morgan fingerprint density at radius 2 is 0.897 bits per heavy atom. The van der Waals surface area contributed by atoms with E-state index in [1.807, 2.05) is 36.9 Å². The number of hydrogen-bond acceptors (Lipinski definition) is 4. The van der Waals surface area contributed by atoms with E-state index < -0.39 is 0 Å². The Morgan fingerprint density at radius 3 is 1.31 bits per heavy atom. The van der Waals surface area contributed by atoms with Crippen molar-refractivity contribution in [2.45, 2.75) is 33.1 Å². The summed E-state index contributed by atoms with van der Waals surface area (Å²) in [5.74, 6) is 0. The lowest BCUT2D eigenvalue weighted by atomic mass is 10.0. The predicted molar refractivity (Wildman–Crippen MR) is 116 cm³/mol. The van der Waals surface area contributed by atoms with E-state index in [1.54, 1.807) is 0 Å². The summed E-state index contributed by atoms with van der Waals surface area (Å²) < 4.78 is 0. The lowest BCUT2D eigenvalue weighted by Crippen LogP contribution is -1.95. The van der Waals surface area contributed by atoms with E-state index in [1.165, 1.54) is 22.3 Å². The van der Waals surface area contributed by atoms with Gasteiger partial charge in [-0.2, -0.15) is 0 Å². The number of aryl methyl sites for hydroxylation is 4. The first kappa shape index (κ1) is 18.9. The molecule has 0 spiro atoms. The summed E-state index contributed by atoms with van der Waals surface area (Å²) in [6, 6.07) is 16.6. The minimum absolute atomic E-state index is 0.927. The predicted octanol–water partition coefficient (Wildman–Crippen LogP) is 5.39. The average molecular weight is 380 g/mol. The van der Waals surface area contributed by atoms with Gasteiger partial charge in [-0.1, -0.05) is 0 Å². The molecule has 0 N–H and O–H groups in total. The van der Waals surface area contributed by atoms with Crippen LogP contribution in [0.5, 0.6) is 0 Å². The zero-order valence-corrected chi connectivity index (χ0v) is 16.8. The van der Waals surface area contributed by atoms with Crippen LogP contribution in [0.15, 0.2) is 73.3 Å². The lowest BCUT2D eigenvalue weighted by molar-refractivity contribution is 0.818. The molecule has 144 valence electrons. The van der Waals surface area contributed by atoms with Crippen molar-refractivity contribution in [2.24, 2.45) is 0 Å². The molecule has 4 nitrogen and oxygen atoms in total. The summed E-state index contributed by atoms with van der Waals surface area (Å²) in [5, 5.41) is 0. The zero-order valence-electron chi connectivity index (χ0n) is 16.8. The molecule has 4 rings (SSSR count). The molecule has 0 aliphatic rings. The first-order valence-corrected chi connectivity index (χ1v) is 9.93. The number of hydrogen-bond donors (Lipinski definition) is 0. The van der Waals surface area contributed by atoms with Gasteiger partial charge in [-0.25, -0.2) is 0 Å². The van der Waals surface area contributed by atoms with Gasteiger partial charge in [0, 0.05) is 24.8 Å². The first-order chi connectivity index (χ1) is 14.2. The second-order valence-corrected chi connectivity index (χ2v) is 7.39. The van der Waals surface area contributed by atoms with Gasteiger partial charge >= 0.3 is 0 Å². The van der Waals surface area contributed by atoms with Crippen LogP contribution in [0.4, 0.5) is 0 Å². The highest BCUT2D eigenvalue weighted by Crippen LogP contribution is 2.19. The minimum Gasteiger partial charge on any atom is -0.255 e. The van der Waals surface area contributed by atoms with Crippen molar-refractivity contribution in [1.29, 1.82) is 0 Å². The van der Waals surface area contributed by atoms with E-state index in [9.17, 15) is 0 Å². The van der Waals surface area contributed by atoms with Gasteiger partial charge in [0.1, 0.15) is 0 Å². The second kappa shape index (κ2) is 8.74. The zero-order chi connectivity index (χ0) is 20.1. The van der Waals surface area contributed by atoms with Gasteiger partial charge in [0.05, 0.1) is 22.8 Å². The molecule has 4 aromatic heterocycles. The highest BCUT2D eigenvalue weighted by atomic mass is 14.8. The van der Waals surface area contributed by atoms with Crippen LogP contribution in [0, 0.1) is 13.8 Å². The molecule has 0 radical (unpaired) electrons. The molecule has 0 aromatic carbocycles. The molecule has 0 bridgehead atoms. The summed E-state index contributed by atoms with van der Waals surface area (Å²) in [6.45, 7) is 4.15. The maximum absolute atomic E-state index is 4.49. The molecule has 0 atom stereocenters. The van der Waals surface area contributed by atoms with E-state index in [4.69, 9.17) is 0 Å². The molecular weight excluding hydrogens is 356 g/mol. The molecule has 0 fully saturated rings. The van der Waals surface area contributed by atoms with Crippen LogP contribution in [-0.4, -0.2) is 19.9 Å². The quantitative estimate of drug-likeness (QED) is 0.450. The molecule has 0 saturated heterocycles. The summed E-state index contributed by atoms with van der Waals surface area (Å²) >= 11 is 0. The third-order valence-corrected chi connectivity index (χ3v) is 4.94. The molecule has 0 aliphatic heterocycles. The van der Waals surface area contributed by atoms with E-state index in [-0.39, 0.29) is 0 Å². The van der Waals surface area contributed by atoms with Crippen LogP contribution in [-0.2, 0) is 12.8 Å². The van der Waals surface area contributed by atoms with Gasteiger partial charge in [0.2, 0.25) is 0 Å². The number of rotatable bonds is 6. The summed E-state index contributed by atoms with van der Waals surface area (Å²) in [7, 11) is 0. The Kier molecular flexibility index (Phi) is 5.71. The minimum atomic E-state index is 0.927. The molecule has 0 amide bonds. The van der Waals surface area contributed by atoms with Crippen molar-refractivity contribution in [1.82, 2.24) is 19.9 Å². The third-order valence-electron chi connectivity index (χ3n) is 4.94. The highest BCUT2D eigenvalue weighted by Gasteiger charge is 2.05. The number of aromatic nitrogens is 4. The van der Waals surface area contributed by atoms with Crippen LogP contribution in [0.3, 0.4) is 0 Å². The van der Waals surface area contributed by atoms with Crippen LogP contribution >= 0.6 is 0 Å². The SMILES string of the molecule is Cc1ccnc(-c2cc(CCCc3ccnc(-c4cc(C)ccn4)c3)ccn2)c1. The fourth-order valence-electron chi connectivity index (χ4n) is 3.39. The standard InChI is InChI=1S/C25H24N4/c1-18-6-10-26-22(14-18)24-16-20(8-12-28-24)4-3-5-21-9-13-29-25(17-21)23-15-19(2)7-11-27-23/h6-17H,3-5H2,1-2H3. The van der Waals surface area contributed by atoms with E-state index in [0.29, 0.717) is 0 Å². The molecule has 4 aromatic rings. The van der Waals surface area contributed by atoms with E-state index in [0.717, 1.165) is 42.0 Å². The molecule has 29 heavy (non-hydrogen) atoms. The molecule has 4 heterocycles. The van der Waals surface area contributed by atoms with Crippen LogP contribution in [0.25, 0.3) is 22.8 Å². The summed E-state index contributed by atoms with van der Waals surface area (Å²) in [4.78, 5) is 17.9. The topological polar surface area (TPSA) is 51.6 Å². The Bertz CT molecular complexity index is 1030. The Morgan fingerprint density at radius 1 is 0.517 bits per heavy atom. The monoisotopic (exact) mass is 380 g/mol. The van der Waals surface area contributed by atoms with Gasteiger partial charge in [0.15, 0.2) is 0 Å². The van der Waals surface area contributed by atoms with Crippen LogP contribution < -0.4 is 0 Å². The largest absolute Gasteiger partial charge is 0.255 e. The second-order valence-electron chi connectivity index (χ2n) is 7.39. The van der Waals surface area contributed by atoms with Crippen molar-refractivity contribution in [3.63, 3.8) is 0 Å². The molecular formula is C25H24N4. The number of nitrogens with zero attached hydrogens (tertiary/aromatic N) is 4. The molecule has 0 saturated carbocycles. The Labute approximate surface area is 171 Å². The fraction of sp³-hybridized carbons (Fsp3) is 0.200. The lowest BCUT2D eigenvalue weighted by Gasteiger charge is -2.07. The van der Waals surface area contributed by atoms with E-state index in [2.05, 4.69) is 70.2 Å². The fourth-order valence-corrected chi connectivity index (χ4v) is 3.39. The van der Waals surface area contributed by atoms with Gasteiger partial charge in [-0.15, -0.1) is 0 Å². The maximum Gasteiger partial charge on any atom is 0.0888 e. The Balaban J connectivity index is 1.42. The maximum atomic E-state index is 4.49. The molecule has 0 unspecified atom stereocenters. The van der Waals surface area contributed by atoms with Crippen molar-refractivity contribution in [3.05, 3.63) is 95.6 Å². The van der Waals surface area contributed by atoms with Crippen LogP contribution in [0.2, 0.25) is 0 Å². The molecule has 0 aliphatic carbocycles. The number of pyridine rings is 4. The summed E-state index contributed by atoms with van der Waals surface area (Å²) in [5.41, 5.74) is 8.68. The summed E-state index contributed by atoms with van der Waals surface area (Å²) in [6.07, 6.45) is 10.5. The van der Waals surface area contributed by atoms with Crippen molar-refractivity contribution < 1.29 is 0 Å². The smallest absolute Gasteiger partial charge is 0.0888 e. The van der Waals surface area contributed by atoms with Gasteiger partial charge in [-0.05, 0) is 104 Å². The van der Waals surface area contributed by atoms with Gasteiger partial charge < -0.3 is 0 Å². The highest BCUT2D eigenvalue weighted by molar-refractivity contribution is 5.56. The van der Waals surface area contributed by atoms with Gasteiger partial charge in [0.25, 0.3) is 0 Å². The average Bonchev–Trinajstić information content (AvgIpc) is 2.74. The Hall–Kier alpha value is -3.40. The third kappa shape index (κ3) is 4.91. The van der Waals surface area contributed by atoms with Crippen molar-refractivity contribution in [3.8, 4) is 22.8 Å². The molecule has 4 heteroatoms. The van der Waals surface area contributed by atoms with Crippen molar-refractivity contribution >= 4 is 0 Å². The van der Waals surface area contributed by atoms with Gasteiger partial charge in [-0.3, -0.25) is 19.9 Å². The normalized spacial score (nSPS) is 10.8. The first-order valence-electron chi connectivity index (χ1n) is 9.93. The van der Waals surface area contributed by atoms with Crippen molar-refractivity contribution in [2.75, 3.05) is 0 Å². The van der Waals surface area contributed by atoms with Crippen LogP contribution in [0.1, 0.15) is 28.7 Å². The van der Waals surface area contributed by atoms with E-state index >= 15 is 0 Å².